The quantitative estimate of drug-likeness (QED) is 0.876. The Morgan fingerprint density at radius 2 is 2.05 bits per heavy atom. The Morgan fingerprint density at radius 1 is 1.26 bits per heavy atom. The molecule has 1 aromatic carbocycles. The van der Waals surface area contributed by atoms with E-state index in [-0.39, 0.29) is 5.92 Å². The monoisotopic (exact) mass is 255 g/mol. The van der Waals surface area contributed by atoms with E-state index in [0.717, 1.165) is 24.7 Å². The molecule has 1 N–H and O–H groups in total. The molecule has 0 aromatic heterocycles. The third-order valence-corrected chi connectivity index (χ3v) is 4.25. The molecule has 2 aliphatic rings. The largest absolute Gasteiger partial charge is 0.311 e. The van der Waals surface area contributed by atoms with Crippen LogP contribution in [-0.4, -0.2) is 36.6 Å². The van der Waals surface area contributed by atoms with E-state index in [4.69, 9.17) is 0 Å². The summed E-state index contributed by atoms with van der Waals surface area (Å²) in [5.74, 6) is -0.0313. The Balaban J connectivity index is 1.50. The molecule has 0 bridgehead atoms. The zero-order valence-corrected chi connectivity index (χ0v) is 11.3. The number of likely N-dealkylation sites (tertiary alicyclic amines) is 1. The van der Waals surface area contributed by atoms with Crippen molar-refractivity contribution in [2.75, 3.05) is 19.6 Å². The number of hydrogen-bond donors (Lipinski definition) is 1. The number of nitrogens with one attached hydrogen (secondary N) is 1. The minimum atomic E-state index is -0.0313. The van der Waals surface area contributed by atoms with Crippen LogP contribution in [0, 0.1) is 11.3 Å². The van der Waals surface area contributed by atoms with Crippen molar-refractivity contribution in [3.8, 4) is 6.07 Å². The van der Waals surface area contributed by atoms with Crippen LogP contribution in [0.2, 0.25) is 0 Å². The molecule has 1 heterocycles. The average molecular weight is 255 g/mol. The molecule has 2 atom stereocenters. The zero-order valence-electron chi connectivity index (χ0n) is 11.3. The Labute approximate surface area is 115 Å². The fourth-order valence-electron chi connectivity index (χ4n) is 2.93. The van der Waals surface area contributed by atoms with Crippen molar-refractivity contribution in [1.82, 2.24) is 10.2 Å². The second-order valence-corrected chi connectivity index (χ2v) is 5.71. The Hall–Kier alpha value is -1.37. The summed E-state index contributed by atoms with van der Waals surface area (Å²) in [6.07, 6.45) is 4.00. The molecule has 19 heavy (non-hydrogen) atoms. The summed E-state index contributed by atoms with van der Waals surface area (Å²) < 4.78 is 0. The lowest BCUT2D eigenvalue weighted by Gasteiger charge is -2.17. The first-order chi connectivity index (χ1) is 9.36. The van der Waals surface area contributed by atoms with Crippen LogP contribution in [0.15, 0.2) is 30.3 Å². The van der Waals surface area contributed by atoms with Crippen LogP contribution in [0.4, 0.5) is 0 Å². The van der Waals surface area contributed by atoms with Gasteiger partial charge in [-0.25, -0.2) is 0 Å². The van der Waals surface area contributed by atoms with Gasteiger partial charge in [-0.3, -0.25) is 4.90 Å². The van der Waals surface area contributed by atoms with Gasteiger partial charge in [0, 0.05) is 31.7 Å². The molecule has 1 aliphatic heterocycles. The number of nitrogens with zero attached hydrogens (tertiary/aromatic N) is 2. The number of benzene rings is 1. The van der Waals surface area contributed by atoms with Gasteiger partial charge in [-0.2, -0.15) is 5.26 Å². The summed E-state index contributed by atoms with van der Waals surface area (Å²) in [4.78, 5) is 2.60. The SMILES string of the molecule is N#CC(CNC1CCN(C2CC2)C1)c1ccccc1. The van der Waals surface area contributed by atoms with Gasteiger partial charge in [0.15, 0.2) is 0 Å². The van der Waals surface area contributed by atoms with Gasteiger partial charge in [0.2, 0.25) is 0 Å². The molecule has 1 aromatic rings. The number of hydrogen-bond acceptors (Lipinski definition) is 3. The standard InChI is InChI=1S/C16H21N3/c17-10-14(13-4-2-1-3-5-13)11-18-15-8-9-19(12-15)16-6-7-16/h1-5,14-16,18H,6-9,11-12H2. The van der Waals surface area contributed by atoms with E-state index in [9.17, 15) is 5.26 Å². The zero-order chi connectivity index (χ0) is 13.1. The molecular formula is C16H21N3. The normalized spacial score (nSPS) is 25.1. The maximum absolute atomic E-state index is 9.30. The lowest BCUT2D eigenvalue weighted by Crippen LogP contribution is -2.35. The molecule has 3 rings (SSSR count). The van der Waals surface area contributed by atoms with E-state index < -0.39 is 0 Å². The topological polar surface area (TPSA) is 39.1 Å². The van der Waals surface area contributed by atoms with Gasteiger partial charge >= 0.3 is 0 Å². The van der Waals surface area contributed by atoms with Crippen molar-refractivity contribution in [2.24, 2.45) is 0 Å². The molecule has 2 unspecified atom stereocenters. The van der Waals surface area contributed by atoms with Crippen LogP contribution >= 0.6 is 0 Å². The summed E-state index contributed by atoms with van der Waals surface area (Å²) in [7, 11) is 0. The maximum Gasteiger partial charge on any atom is 0.0837 e. The third-order valence-electron chi connectivity index (χ3n) is 4.25. The Bertz CT molecular complexity index is 447. The molecular weight excluding hydrogens is 234 g/mol. The van der Waals surface area contributed by atoms with Gasteiger partial charge in [0.05, 0.1) is 12.0 Å². The maximum atomic E-state index is 9.30. The molecule has 0 amide bonds. The van der Waals surface area contributed by atoms with E-state index in [1.54, 1.807) is 0 Å². The molecule has 100 valence electrons. The molecule has 1 aliphatic carbocycles. The number of nitriles is 1. The summed E-state index contributed by atoms with van der Waals surface area (Å²) in [6.45, 7) is 3.16. The molecule has 1 saturated heterocycles. The molecule has 2 fully saturated rings. The average Bonchev–Trinajstić information content (AvgIpc) is 3.20. The predicted molar refractivity (Wildman–Crippen MR) is 75.8 cm³/mol. The third kappa shape index (κ3) is 3.15. The van der Waals surface area contributed by atoms with E-state index in [1.165, 1.54) is 25.8 Å². The highest BCUT2D eigenvalue weighted by atomic mass is 15.2. The summed E-state index contributed by atoms with van der Waals surface area (Å²) >= 11 is 0. The first kappa shape index (κ1) is 12.7. The summed E-state index contributed by atoms with van der Waals surface area (Å²) in [6, 6.07) is 13.9. The minimum absolute atomic E-state index is 0.0313. The van der Waals surface area contributed by atoms with Crippen molar-refractivity contribution in [3.05, 3.63) is 35.9 Å². The van der Waals surface area contributed by atoms with Gasteiger partial charge in [-0.15, -0.1) is 0 Å². The van der Waals surface area contributed by atoms with Crippen molar-refractivity contribution < 1.29 is 0 Å². The van der Waals surface area contributed by atoms with Crippen LogP contribution in [-0.2, 0) is 0 Å². The van der Waals surface area contributed by atoms with Gasteiger partial charge in [0.25, 0.3) is 0 Å². The lowest BCUT2D eigenvalue weighted by atomic mass is 10.0. The van der Waals surface area contributed by atoms with E-state index >= 15 is 0 Å². The lowest BCUT2D eigenvalue weighted by molar-refractivity contribution is 0.317. The van der Waals surface area contributed by atoms with Gasteiger partial charge in [-0.05, 0) is 24.8 Å². The van der Waals surface area contributed by atoms with E-state index in [0.29, 0.717) is 6.04 Å². The van der Waals surface area contributed by atoms with Crippen LogP contribution in [0.25, 0.3) is 0 Å². The van der Waals surface area contributed by atoms with Crippen molar-refractivity contribution in [2.45, 2.75) is 37.3 Å². The van der Waals surface area contributed by atoms with Gasteiger partial charge in [0.1, 0.15) is 0 Å². The smallest absolute Gasteiger partial charge is 0.0837 e. The highest BCUT2D eigenvalue weighted by Crippen LogP contribution is 2.29. The van der Waals surface area contributed by atoms with Crippen LogP contribution < -0.4 is 5.32 Å². The van der Waals surface area contributed by atoms with Crippen LogP contribution in [0.5, 0.6) is 0 Å². The Morgan fingerprint density at radius 3 is 2.74 bits per heavy atom. The van der Waals surface area contributed by atoms with Crippen LogP contribution in [0.3, 0.4) is 0 Å². The van der Waals surface area contributed by atoms with Crippen molar-refractivity contribution >= 4 is 0 Å². The summed E-state index contributed by atoms with van der Waals surface area (Å²) in [5, 5.41) is 12.9. The van der Waals surface area contributed by atoms with Crippen molar-refractivity contribution in [1.29, 1.82) is 5.26 Å². The fraction of sp³-hybridized carbons (Fsp3) is 0.562. The molecule has 0 radical (unpaired) electrons. The molecule has 0 spiro atoms. The van der Waals surface area contributed by atoms with E-state index in [1.807, 2.05) is 30.3 Å². The van der Waals surface area contributed by atoms with E-state index in [2.05, 4.69) is 16.3 Å². The fourth-order valence-corrected chi connectivity index (χ4v) is 2.93. The second kappa shape index (κ2) is 5.73. The first-order valence-electron chi connectivity index (χ1n) is 7.29. The number of rotatable bonds is 5. The van der Waals surface area contributed by atoms with Gasteiger partial charge in [-0.1, -0.05) is 30.3 Å². The van der Waals surface area contributed by atoms with Gasteiger partial charge < -0.3 is 5.32 Å². The van der Waals surface area contributed by atoms with Crippen molar-refractivity contribution in [3.63, 3.8) is 0 Å². The molecule has 3 nitrogen and oxygen atoms in total. The molecule has 1 saturated carbocycles. The second-order valence-electron chi connectivity index (χ2n) is 5.71. The summed E-state index contributed by atoms with van der Waals surface area (Å²) in [5.41, 5.74) is 1.12. The Kier molecular flexibility index (Phi) is 3.82. The van der Waals surface area contributed by atoms with Crippen LogP contribution in [0.1, 0.15) is 30.7 Å². The highest BCUT2D eigenvalue weighted by molar-refractivity contribution is 5.25. The predicted octanol–water partition coefficient (Wildman–Crippen LogP) is 2.12. The first-order valence-corrected chi connectivity index (χ1v) is 7.29. The minimum Gasteiger partial charge on any atom is -0.311 e. The highest BCUT2D eigenvalue weighted by Gasteiger charge is 2.34. The molecule has 3 heteroatoms.